The number of likely N-dealkylation sites (N-methyl/N-ethyl adjacent to an activating group) is 2. The molecule has 1 aliphatic carbocycles. The fourth-order valence-electron chi connectivity index (χ4n) is 16.3. The normalized spacial score (nSPS) is 40.6. The van der Waals surface area contributed by atoms with Crippen molar-refractivity contribution < 1.29 is 121 Å². The molecule has 6 heterocycles. The molecule has 30 heteroatoms. The Morgan fingerprint density at radius 3 is 2.05 bits per heavy atom. The van der Waals surface area contributed by atoms with E-state index in [1.54, 1.807) is 89.3 Å². The highest BCUT2D eigenvalue weighted by Gasteiger charge is 2.56. The number of rotatable bonds is 14. The van der Waals surface area contributed by atoms with Crippen molar-refractivity contribution in [1.82, 2.24) is 25.8 Å². The molecule has 5 bridgehead atoms. The molecule has 0 saturated carbocycles. The maximum absolute atomic E-state index is 15.3. The molecule has 0 unspecified atom stereocenters. The number of nitrogens with zero attached hydrogens (tertiary/aromatic N) is 2. The minimum atomic E-state index is -2.25. The topological polar surface area (TPSA) is 405 Å². The van der Waals surface area contributed by atoms with Crippen molar-refractivity contribution in [3.8, 4) is 11.5 Å². The van der Waals surface area contributed by atoms with Crippen LogP contribution in [0.25, 0.3) is 0 Å². The van der Waals surface area contributed by atoms with Gasteiger partial charge in [0, 0.05) is 107 Å². The third kappa shape index (κ3) is 19.0. The summed E-state index contributed by atoms with van der Waals surface area (Å²) in [5, 5.41) is 91.9. The number of alkyl carbamates (subject to hydrolysis) is 1. The van der Waals surface area contributed by atoms with Crippen molar-refractivity contribution in [2.75, 3.05) is 55.0 Å². The zero-order valence-corrected chi connectivity index (χ0v) is 67.0. The van der Waals surface area contributed by atoms with Crippen molar-refractivity contribution in [2.24, 2.45) is 41.4 Å². The summed E-state index contributed by atoms with van der Waals surface area (Å²) >= 11 is 0. The first-order chi connectivity index (χ1) is 50.2. The molecule has 1 aromatic rings. The third-order valence-electron chi connectivity index (χ3n) is 23.1. The zero-order chi connectivity index (χ0) is 81.1. The maximum Gasteiger partial charge on any atom is 0.407 e. The Kier molecular flexibility index (Phi) is 29.5. The molecule has 608 valence electrons. The largest absolute Gasteiger partial charge is 0.507 e. The number of ketones is 3. The number of allylic oxidation sites excluding steroid dienone is 4. The smallest absolute Gasteiger partial charge is 0.407 e. The highest BCUT2D eigenvalue weighted by atomic mass is 16.7. The number of hydrogen-bond acceptors (Lipinski definition) is 28. The van der Waals surface area contributed by atoms with Gasteiger partial charge in [-0.3, -0.25) is 28.8 Å². The van der Waals surface area contributed by atoms with E-state index in [4.69, 9.17) is 52.1 Å². The summed E-state index contributed by atoms with van der Waals surface area (Å²) in [6.07, 6.45) is -9.16. The number of phenolic OH excluding ortho intramolecular Hbond substituents is 1. The van der Waals surface area contributed by atoms with Gasteiger partial charge in [-0.15, -0.1) is 0 Å². The van der Waals surface area contributed by atoms with Crippen LogP contribution in [0.5, 0.6) is 11.5 Å². The first kappa shape index (κ1) is 88.7. The van der Waals surface area contributed by atoms with Gasteiger partial charge in [0.05, 0.1) is 77.2 Å². The lowest BCUT2D eigenvalue weighted by Crippen LogP contribution is -2.61. The quantitative estimate of drug-likeness (QED) is 0.0650. The number of hydrogen-bond donors (Lipinski definition) is 10. The van der Waals surface area contributed by atoms with Gasteiger partial charge < -0.3 is 114 Å². The fraction of sp³-hybridized carbons (Fsp3) is 0.731. The summed E-state index contributed by atoms with van der Waals surface area (Å²) in [6.45, 7) is 28.5. The Morgan fingerprint density at radius 2 is 1.44 bits per heavy atom. The second-order valence-corrected chi connectivity index (χ2v) is 31.9. The van der Waals surface area contributed by atoms with Crippen LogP contribution in [-0.4, -0.2) is 262 Å². The van der Waals surface area contributed by atoms with E-state index in [2.05, 4.69) is 16.0 Å². The van der Waals surface area contributed by atoms with Crippen LogP contribution in [0, 0.1) is 48.3 Å². The summed E-state index contributed by atoms with van der Waals surface area (Å²) in [6, 6.07) is -1.05. The van der Waals surface area contributed by atoms with Crippen LogP contribution in [0.2, 0.25) is 0 Å². The Hall–Kier alpha value is -6.49. The molecule has 10 N–H and O–H groups in total. The van der Waals surface area contributed by atoms with E-state index < -0.39 is 225 Å². The van der Waals surface area contributed by atoms with Crippen molar-refractivity contribution in [1.29, 1.82) is 0 Å². The SMILES string of the molecule is CC[C@H]1OC(=O)[C@H](C)[C@@H](O[C@H]2C[C@@](C)(OC)[C@@H](OC(=O)NCCNC3=C4NC(=O)/C(C)=C\C=C\[C@H](C)[C@H](O)[C@@H](C)[C@@H](O)[C@@H](C)[C@H](OC(C)=O)[C@H](C)[C@@H](OC)/C=C/O[C@@]5(C)Oc6c(C)c(O)c(c(c6C5=O)C3=O)C4=O)[C@H](C)O2)[C@H](C)[C@@H](O[C@@H]2O[C@H](C)C[C@H](N(C)C)[C@H]2O)[C@](C)(O)C[C@@H](C)CN(C)[C@H](C)[C@@H](O)[C@]1(C)O. The summed E-state index contributed by atoms with van der Waals surface area (Å²) < 4.78 is 68.9. The van der Waals surface area contributed by atoms with Crippen LogP contribution in [0.15, 0.2) is 47.5 Å². The number of ether oxygens (including phenoxy) is 11. The number of amides is 2. The molecule has 27 atom stereocenters. The number of fused-ring (bicyclic) bond motifs is 14. The van der Waals surface area contributed by atoms with Gasteiger partial charge in [0.2, 0.25) is 11.6 Å². The Morgan fingerprint density at radius 1 is 0.778 bits per heavy atom. The van der Waals surface area contributed by atoms with Crippen LogP contribution in [0.3, 0.4) is 0 Å². The molecular formula is C78H121N5O25. The van der Waals surface area contributed by atoms with Crippen molar-refractivity contribution >= 4 is 41.3 Å². The van der Waals surface area contributed by atoms with Gasteiger partial charge in [0.25, 0.3) is 11.7 Å². The number of aliphatic hydroxyl groups is 6. The number of methoxy groups -OCH3 is 2. The van der Waals surface area contributed by atoms with Gasteiger partial charge in [-0.25, -0.2) is 4.79 Å². The molecule has 0 spiro atoms. The molecule has 1 aromatic carbocycles. The second-order valence-electron chi connectivity index (χ2n) is 31.9. The number of esters is 2. The molecule has 2 amide bonds. The van der Waals surface area contributed by atoms with E-state index in [9.17, 15) is 59.7 Å². The van der Waals surface area contributed by atoms with Crippen LogP contribution < -0.4 is 20.7 Å². The minimum absolute atomic E-state index is 0.00171. The number of aliphatic hydroxyl groups excluding tert-OH is 4. The number of aromatic hydroxyl groups is 1. The lowest BCUT2D eigenvalue weighted by molar-refractivity contribution is -0.317. The minimum Gasteiger partial charge on any atom is -0.507 e. The van der Waals surface area contributed by atoms with Gasteiger partial charge in [-0.2, -0.15) is 0 Å². The number of carbonyl (C=O) groups excluding carboxylic acids is 7. The average Bonchev–Trinajstić information content (AvgIpc) is 1.50. The molecule has 6 aliphatic heterocycles. The zero-order valence-electron chi connectivity index (χ0n) is 67.0. The molecule has 30 nitrogen and oxygen atoms in total. The summed E-state index contributed by atoms with van der Waals surface area (Å²) in [7, 11) is 8.24. The lowest BCUT2D eigenvalue weighted by atomic mass is 9.77. The molecule has 3 saturated heterocycles. The highest BCUT2D eigenvalue weighted by molar-refractivity contribution is 6.32. The molecule has 3 fully saturated rings. The van der Waals surface area contributed by atoms with Gasteiger partial charge >= 0.3 is 23.8 Å². The number of phenols is 1. The van der Waals surface area contributed by atoms with Crippen LogP contribution in [0.1, 0.15) is 180 Å². The number of cyclic esters (lactones) is 1. The van der Waals surface area contributed by atoms with Crippen molar-refractivity contribution in [3.63, 3.8) is 0 Å². The van der Waals surface area contributed by atoms with Crippen LogP contribution in [0.4, 0.5) is 4.79 Å². The predicted molar refractivity (Wildman–Crippen MR) is 393 cm³/mol. The molecule has 7 aliphatic rings. The van der Waals surface area contributed by atoms with E-state index >= 15 is 9.59 Å². The number of benzene rings is 1. The summed E-state index contributed by atoms with van der Waals surface area (Å²) in [5.74, 6) is -14.1. The van der Waals surface area contributed by atoms with E-state index in [1.165, 1.54) is 67.1 Å². The molecule has 0 radical (unpaired) electrons. The van der Waals surface area contributed by atoms with Gasteiger partial charge in [0.15, 0.2) is 18.7 Å². The summed E-state index contributed by atoms with van der Waals surface area (Å²) in [5.41, 5.74) is -8.03. The first-order valence-corrected chi connectivity index (χ1v) is 37.5. The highest BCUT2D eigenvalue weighted by Crippen LogP contribution is 2.49. The lowest BCUT2D eigenvalue weighted by Gasteiger charge is -2.49. The maximum atomic E-state index is 15.3. The fourth-order valence-corrected chi connectivity index (χ4v) is 16.3. The third-order valence-corrected chi connectivity index (χ3v) is 23.1. The molecule has 8 rings (SSSR count). The molecule has 0 aromatic heterocycles. The Balaban J connectivity index is 1.17. The number of nitrogens with one attached hydrogen (secondary N) is 3. The van der Waals surface area contributed by atoms with E-state index in [0.717, 1.165) is 6.26 Å². The average molecular weight is 1530 g/mol. The molecule has 108 heavy (non-hydrogen) atoms. The Bertz CT molecular complexity index is 3540. The Labute approximate surface area is 634 Å². The van der Waals surface area contributed by atoms with Crippen molar-refractivity contribution in [3.05, 3.63) is 69.8 Å². The predicted octanol–water partition coefficient (Wildman–Crippen LogP) is 5.20. The van der Waals surface area contributed by atoms with Crippen LogP contribution >= 0.6 is 0 Å². The van der Waals surface area contributed by atoms with Gasteiger partial charge in [0.1, 0.15) is 58.5 Å². The van der Waals surface area contributed by atoms with Crippen LogP contribution in [-0.2, 0) is 61.8 Å². The molecular weight excluding hydrogens is 1410 g/mol. The van der Waals surface area contributed by atoms with E-state index in [0.29, 0.717) is 13.0 Å². The standard InChI is InChI=1S/C78H121N5O25/c1-24-51-77(17,97)67(91)46(12)83(21)35-36(2)33-75(15,96)69(106-73-61(88)49(82(19)20)32-39(5)101-73)44(10)65(45(11)72(94)104-51)105-52-34-76(16,99-23)70(47(13)102-52)107-74(95)80-30-29-79-56-57-63(90)54-53(62(56)89)55-66(43(9)60(54)87)108-78(18,68(55)92)100-31-28-50(98-22)40(6)64(103-48(14)84)42(8)59(86)41(7)58(85)37(3)26-25-27-38(4)71(93)81-57/h25-28,31,36-37,39-42,44-47,49-52,58-59,61,64-65,67,69-70,73,79,85-88,91,96-97H,24,29-30,32-35H2,1-23H3,(H,80,95)(H,81,93)/b26-25+,31-28+,38-27-/t36-,37+,39-,40-,41-,42-,44+,45-,46-,47+,49+,50+,51-,52+,58+,59-,61-,64-,65+,67-,69-,70+,73+,75-,76-,77-,78+/m1/s1. The van der Waals surface area contributed by atoms with Crippen molar-refractivity contribution in [2.45, 2.75) is 271 Å². The second kappa shape index (κ2) is 35.9. The van der Waals surface area contributed by atoms with E-state index in [1.807, 2.05) is 37.7 Å². The van der Waals surface area contributed by atoms with Gasteiger partial charge in [-0.05, 0) is 115 Å². The number of Topliss-reactive ketones (excluding diaryl/α,β-unsaturated/α-hetero) is 3. The van der Waals surface area contributed by atoms with E-state index in [-0.39, 0.29) is 61.3 Å². The number of carbonyl (C=O) groups is 7. The first-order valence-electron chi connectivity index (χ1n) is 37.5. The van der Waals surface area contributed by atoms with Gasteiger partial charge in [-0.1, -0.05) is 66.7 Å². The summed E-state index contributed by atoms with van der Waals surface area (Å²) in [4.78, 5) is 105. The monoisotopic (exact) mass is 1530 g/mol.